The van der Waals surface area contributed by atoms with E-state index in [4.69, 9.17) is 17.3 Å². The number of rotatable bonds is 4. The predicted molar refractivity (Wildman–Crippen MR) is 76.1 cm³/mol. The Hall–Kier alpha value is -1.72. The fourth-order valence-electron chi connectivity index (χ4n) is 1.71. The lowest BCUT2D eigenvalue weighted by molar-refractivity contribution is -0.117. The lowest BCUT2D eigenvalue weighted by Crippen LogP contribution is -2.35. The molecule has 1 amide bonds. The van der Waals surface area contributed by atoms with Crippen molar-refractivity contribution < 1.29 is 4.79 Å². The summed E-state index contributed by atoms with van der Waals surface area (Å²) >= 11 is 6.00. The van der Waals surface area contributed by atoms with Crippen molar-refractivity contribution in [3.8, 4) is 0 Å². The van der Waals surface area contributed by atoms with Crippen LogP contribution in [0, 0.1) is 0 Å². The van der Waals surface area contributed by atoms with Gasteiger partial charge in [-0.15, -0.1) is 0 Å². The fourth-order valence-corrected chi connectivity index (χ4v) is 1.89. The van der Waals surface area contributed by atoms with Crippen LogP contribution >= 0.6 is 11.6 Å². The molecule has 2 aromatic rings. The average Bonchev–Trinajstić information content (AvgIpc) is 2.39. The molecule has 6 heteroatoms. The predicted octanol–water partition coefficient (Wildman–Crippen LogP) is 2.35. The van der Waals surface area contributed by atoms with Crippen molar-refractivity contribution in [3.63, 3.8) is 0 Å². The maximum Gasteiger partial charge on any atom is 0.242 e. The van der Waals surface area contributed by atoms with E-state index in [1.807, 2.05) is 25.1 Å². The van der Waals surface area contributed by atoms with Gasteiger partial charge < -0.3 is 11.1 Å². The van der Waals surface area contributed by atoms with Crippen molar-refractivity contribution in [3.05, 3.63) is 29.4 Å². The van der Waals surface area contributed by atoms with E-state index >= 15 is 0 Å². The Balaban J connectivity index is 2.25. The lowest BCUT2D eigenvalue weighted by Gasteiger charge is -2.11. The number of carbonyl (C=O) groups is 1. The van der Waals surface area contributed by atoms with Gasteiger partial charge >= 0.3 is 0 Å². The third kappa shape index (κ3) is 3.19. The minimum atomic E-state index is -0.561. The summed E-state index contributed by atoms with van der Waals surface area (Å²) < 4.78 is 0. The number of nitrogens with two attached hydrogens (primary N) is 1. The van der Waals surface area contributed by atoms with Gasteiger partial charge in [0.15, 0.2) is 11.0 Å². The van der Waals surface area contributed by atoms with Gasteiger partial charge in [0.05, 0.1) is 17.1 Å². The highest BCUT2D eigenvalue weighted by Gasteiger charge is 2.15. The molecule has 1 heterocycles. The van der Waals surface area contributed by atoms with Crippen LogP contribution < -0.4 is 11.1 Å². The molecule has 1 aromatic heterocycles. The van der Waals surface area contributed by atoms with E-state index < -0.39 is 6.04 Å². The summed E-state index contributed by atoms with van der Waals surface area (Å²) in [7, 11) is 0. The van der Waals surface area contributed by atoms with Crippen molar-refractivity contribution in [1.82, 2.24) is 9.97 Å². The summed E-state index contributed by atoms with van der Waals surface area (Å²) in [6.07, 6.45) is 1.45. The van der Waals surface area contributed by atoms with Gasteiger partial charge in [-0.2, -0.15) is 0 Å². The summed E-state index contributed by atoms with van der Waals surface area (Å²) in [6, 6.07) is 6.75. The summed E-state index contributed by atoms with van der Waals surface area (Å²) in [6.45, 7) is 1.97. The number of carbonyl (C=O) groups excluding carboxylic acids is 1. The molecule has 0 radical (unpaired) electrons. The standard InChI is InChI=1S/C13H15ClN4O/c1-2-5-8(15)13(19)18-12-11(14)16-9-6-3-4-7-10(9)17-12/h3-4,6-8H,2,5,15H2,1H3,(H,17,18,19). The summed E-state index contributed by atoms with van der Waals surface area (Å²) in [5.41, 5.74) is 7.09. The Morgan fingerprint density at radius 1 is 1.37 bits per heavy atom. The molecule has 1 aromatic carbocycles. The number of nitrogens with zero attached hydrogens (tertiary/aromatic N) is 2. The Morgan fingerprint density at radius 3 is 2.63 bits per heavy atom. The zero-order chi connectivity index (χ0) is 13.8. The minimum absolute atomic E-state index is 0.163. The largest absolute Gasteiger partial charge is 0.320 e. The Kier molecular flexibility index (Phi) is 4.29. The van der Waals surface area contributed by atoms with Gasteiger partial charge in [-0.25, -0.2) is 9.97 Å². The van der Waals surface area contributed by atoms with Crippen molar-refractivity contribution >= 4 is 34.4 Å². The number of hydrogen-bond acceptors (Lipinski definition) is 4. The first-order valence-corrected chi connectivity index (χ1v) is 6.48. The zero-order valence-corrected chi connectivity index (χ0v) is 11.3. The van der Waals surface area contributed by atoms with Crippen LogP contribution in [-0.2, 0) is 4.79 Å². The van der Waals surface area contributed by atoms with Crippen molar-refractivity contribution in [2.24, 2.45) is 5.73 Å². The van der Waals surface area contributed by atoms with Crippen LogP contribution in [0.15, 0.2) is 24.3 Å². The van der Waals surface area contributed by atoms with Crippen LogP contribution in [0.3, 0.4) is 0 Å². The van der Waals surface area contributed by atoms with Gasteiger partial charge in [0.25, 0.3) is 0 Å². The van der Waals surface area contributed by atoms with Gasteiger partial charge in [0.2, 0.25) is 5.91 Å². The van der Waals surface area contributed by atoms with Crippen LogP contribution in [0.1, 0.15) is 19.8 Å². The number of amides is 1. The number of hydrogen-bond donors (Lipinski definition) is 2. The molecular weight excluding hydrogens is 264 g/mol. The Morgan fingerprint density at radius 2 is 2.00 bits per heavy atom. The van der Waals surface area contributed by atoms with Crippen LogP contribution in [-0.4, -0.2) is 21.9 Å². The number of aromatic nitrogens is 2. The highest BCUT2D eigenvalue weighted by molar-refractivity contribution is 6.32. The van der Waals surface area contributed by atoms with Gasteiger partial charge in [-0.05, 0) is 18.6 Å². The van der Waals surface area contributed by atoms with E-state index in [1.54, 1.807) is 6.07 Å². The molecule has 1 unspecified atom stereocenters. The molecule has 0 fully saturated rings. The third-order valence-corrected chi connectivity index (χ3v) is 2.97. The molecular formula is C13H15ClN4O. The third-order valence-electron chi connectivity index (χ3n) is 2.71. The van der Waals surface area contributed by atoms with Crippen LogP contribution in [0.5, 0.6) is 0 Å². The minimum Gasteiger partial charge on any atom is -0.320 e. The lowest BCUT2D eigenvalue weighted by atomic mass is 10.2. The van der Waals surface area contributed by atoms with E-state index in [1.165, 1.54) is 0 Å². The number of benzene rings is 1. The monoisotopic (exact) mass is 278 g/mol. The SMILES string of the molecule is CCCC(N)C(=O)Nc1nc2ccccc2nc1Cl. The van der Waals surface area contributed by atoms with Gasteiger partial charge in [-0.3, -0.25) is 4.79 Å². The van der Waals surface area contributed by atoms with E-state index in [0.717, 1.165) is 6.42 Å². The summed E-state index contributed by atoms with van der Waals surface area (Å²) in [5.74, 6) is -0.0507. The molecule has 0 aliphatic rings. The molecule has 5 nitrogen and oxygen atoms in total. The number of fused-ring (bicyclic) bond motifs is 1. The van der Waals surface area contributed by atoms with E-state index in [2.05, 4.69) is 15.3 Å². The number of para-hydroxylation sites is 2. The molecule has 0 aliphatic heterocycles. The average molecular weight is 279 g/mol. The van der Waals surface area contributed by atoms with Crippen molar-refractivity contribution in [1.29, 1.82) is 0 Å². The van der Waals surface area contributed by atoms with Gasteiger partial charge in [0.1, 0.15) is 0 Å². The van der Waals surface area contributed by atoms with Gasteiger partial charge in [-0.1, -0.05) is 37.1 Å². The zero-order valence-electron chi connectivity index (χ0n) is 10.6. The number of nitrogens with one attached hydrogen (secondary N) is 1. The van der Waals surface area contributed by atoms with Crippen LogP contribution in [0.2, 0.25) is 5.15 Å². The molecule has 1 atom stereocenters. The first-order valence-electron chi connectivity index (χ1n) is 6.10. The first kappa shape index (κ1) is 13.7. The molecule has 2 rings (SSSR count). The fraction of sp³-hybridized carbons (Fsp3) is 0.308. The second kappa shape index (κ2) is 5.95. The highest BCUT2D eigenvalue weighted by Crippen LogP contribution is 2.21. The smallest absolute Gasteiger partial charge is 0.242 e. The second-order valence-electron chi connectivity index (χ2n) is 4.24. The normalized spacial score (nSPS) is 12.4. The number of anilines is 1. The molecule has 0 saturated heterocycles. The second-order valence-corrected chi connectivity index (χ2v) is 4.59. The molecule has 0 aliphatic carbocycles. The maximum atomic E-state index is 11.8. The van der Waals surface area contributed by atoms with Crippen molar-refractivity contribution in [2.45, 2.75) is 25.8 Å². The van der Waals surface area contributed by atoms with E-state index in [-0.39, 0.29) is 16.9 Å². The molecule has 0 bridgehead atoms. The van der Waals surface area contributed by atoms with Crippen LogP contribution in [0.25, 0.3) is 11.0 Å². The highest BCUT2D eigenvalue weighted by atomic mass is 35.5. The molecule has 3 N–H and O–H groups in total. The Labute approximate surface area is 116 Å². The van der Waals surface area contributed by atoms with Crippen LogP contribution in [0.4, 0.5) is 5.82 Å². The molecule has 19 heavy (non-hydrogen) atoms. The first-order chi connectivity index (χ1) is 9.11. The van der Waals surface area contributed by atoms with Gasteiger partial charge in [0, 0.05) is 0 Å². The molecule has 0 saturated carbocycles. The Bertz CT molecular complexity index is 602. The molecule has 100 valence electrons. The van der Waals surface area contributed by atoms with Crippen molar-refractivity contribution in [2.75, 3.05) is 5.32 Å². The van der Waals surface area contributed by atoms with E-state index in [9.17, 15) is 4.79 Å². The number of halogens is 1. The quantitative estimate of drug-likeness (QED) is 0.899. The maximum absolute atomic E-state index is 11.8. The molecule has 0 spiro atoms. The topological polar surface area (TPSA) is 80.9 Å². The summed E-state index contributed by atoms with van der Waals surface area (Å²) in [4.78, 5) is 20.3. The van der Waals surface area contributed by atoms with E-state index in [0.29, 0.717) is 17.5 Å². The summed E-state index contributed by atoms with van der Waals surface area (Å²) in [5, 5.41) is 2.78.